The van der Waals surface area contributed by atoms with E-state index in [-0.39, 0.29) is 10.5 Å². The van der Waals surface area contributed by atoms with Gasteiger partial charge < -0.3 is 9.47 Å². The van der Waals surface area contributed by atoms with Crippen LogP contribution >= 0.6 is 0 Å². The van der Waals surface area contributed by atoms with E-state index in [9.17, 15) is 13.2 Å². The summed E-state index contributed by atoms with van der Waals surface area (Å²) in [6.45, 7) is 2.62. The Kier molecular flexibility index (Phi) is 5.39. The van der Waals surface area contributed by atoms with E-state index in [1.165, 1.54) is 12.1 Å². The molecular weight excluding hydrogens is 316 g/mol. The van der Waals surface area contributed by atoms with Crippen LogP contribution in [0.1, 0.15) is 23.7 Å². The van der Waals surface area contributed by atoms with Gasteiger partial charge in [0.15, 0.2) is 9.84 Å². The van der Waals surface area contributed by atoms with Crippen LogP contribution in [0.5, 0.6) is 11.5 Å². The summed E-state index contributed by atoms with van der Waals surface area (Å²) >= 11 is 0. The lowest BCUT2D eigenvalue weighted by atomic mass is 10.2. The van der Waals surface area contributed by atoms with Crippen LogP contribution in [0.4, 0.5) is 0 Å². The molecule has 0 atom stereocenters. The Labute approximate surface area is 135 Å². The fraction of sp³-hybridized carbons (Fsp3) is 0.235. The smallest absolute Gasteiger partial charge is 0.344 e. The Morgan fingerprint density at radius 3 is 2.22 bits per heavy atom. The highest BCUT2D eigenvalue weighted by molar-refractivity contribution is 7.90. The molecule has 0 radical (unpaired) electrons. The highest BCUT2D eigenvalue weighted by Gasteiger charge is 2.19. The zero-order valence-corrected chi connectivity index (χ0v) is 13.8. The van der Waals surface area contributed by atoms with E-state index in [0.717, 1.165) is 12.7 Å². The second-order valence-electron chi connectivity index (χ2n) is 4.98. The van der Waals surface area contributed by atoms with Gasteiger partial charge in [-0.25, -0.2) is 13.2 Å². The average Bonchev–Trinajstić information content (AvgIpc) is 2.53. The van der Waals surface area contributed by atoms with Gasteiger partial charge in [-0.1, -0.05) is 19.1 Å². The normalized spacial score (nSPS) is 11.0. The number of ether oxygens (including phenoxy) is 2. The van der Waals surface area contributed by atoms with Crippen molar-refractivity contribution in [1.29, 1.82) is 0 Å². The Morgan fingerprint density at radius 2 is 1.61 bits per heavy atom. The van der Waals surface area contributed by atoms with Gasteiger partial charge in [-0.2, -0.15) is 0 Å². The first kappa shape index (κ1) is 17.0. The number of benzene rings is 2. The number of carbonyl (C=O) groups excluding carboxylic acids is 1. The molecule has 23 heavy (non-hydrogen) atoms. The molecule has 0 aliphatic rings. The Morgan fingerprint density at radius 1 is 1.00 bits per heavy atom. The number of hydrogen-bond acceptors (Lipinski definition) is 5. The monoisotopic (exact) mass is 334 g/mol. The van der Waals surface area contributed by atoms with Crippen molar-refractivity contribution in [2.24, 2.45) is 0 Å². The first-order chi connectivity index (χ1) is 10.9. The number of hydrogen-bond donors (Lipinski definition) is 0. The highest BCUT2D eigenvalue weighted by atomic mass is 32.2. The van der Waals surface area contributed by atoms with Crippen LogP contribution in [0, 0.1) is 0 Å². The van der Waals surface area contributed by atoms with Crippen molar-refractivity contribution >= 4 is 15.8 Å². The van der Waals surface area contributed by atoms with Gasteiger partial charge in [-0.3, -0.25) is 0 Å². The molecule has 0 saturated heterocycles. The molecule has 5 nitrogen and oxygen atoms in total. The largest absolute Gasteiger partial charge is 0.494 e. The molecule has 0 aliphatic heterocycles. The van der Waals surface area contributed by atoms with E-state index in [0.29, 0.717) is 18.1 Å². The first-order valence-electron chi connectivity index (χ1n) is 7.16. The number of esters is 1. The van der Waals surface area contributed by atoms with Crippen molar-refractivity contribution in [3.63, 3.8) is 0 Å². The molecule has 0 spiro atoms. The molecule has 0 N–H and O–H groups in total. The van der Waals surface area contributed by atoms with E-state index in [2.05, 4.69) is 0 Å². The van der Waals surface area contributed by atoms with Gasteiger partial charge in [0.25, 0.3) is 0 Å². The number of sulfone groups is 1. The summed E-state index contributed by atoms with van der Waals surface area (Å²) in [7, 11) is -3.51. The Hall–Kier alpha value is -2.34. The molecule has 0 heterocycles. The van der Waals surface area contributed by atoms with E-state index >= 15 is 0 Å². The van der Waals surface area contributed by atoms with Gasteiger partial charge in [-0.15, -0.1) is 0 Å². The van der Waals surface area contributed by atoms with Gasteiger partial charge in [0.1, 0.15) is 11.5 Å². The Bertz CT molecular complexity index is 779. The predicted molar refractivity (Wildman–Crippen MR) is 86.7 cm³/mol. The molecule has 2 rings (SSSR count). The lowest BCUT2D eigenvalue weighted by molar-refractivity contribution is 0.0730. The first-order valence-corrected chi connectivity index (χ1v) is 9.05. The molecule has 2 aromatic rings. The van der Waals surface area contributed by atoms with Crippen LogP contribution in [-0.4, -0.2) is 27.2 Å². The molecule has 0 unspecified atom stereocenters. The summed E-state index contributed by atoms with van der Waals surface area (Å²) in [5.41, 5.74) is 0.0151. The minimum absolute atomic E-state index is 0.0151. The third-order valence-corrected chi connectivity index (χ3v) is 4.17. The van der Waals surface area contributed by atoms with E-state index < -0.39 is 15.8 Å². The van der Waals surface area contributed by atoms with E-state index in [4.69, 9.17) is 9.47 Å². The molecule has 0 saturated carbocycles. The predicted octanol–water partition coefficient (Wildman–Crippen LogP) is 3.10. The van der Waals surface area contributed by atoms with Crippen molar-refractivity contribution in [1.82, 2.24) is 0 Å². The number of rotatable bonds is 6. The van der Waals surface area contributed by atoms with Gasteiger partial charge in [0, 0.05) is 6.26 Å². The summed E-state index contributed by atoms with van der Waals surface area (Å²) in [5.74, 6) is 0.290. The van der Waals surface area contributed by atoms with Crippen LogP contribution in [0.25, 0.3) is 0 Å². The van der Waals surface area contributed by atoms with Gasteiger partial charge in [0.05, 0.1) is 17.1 Å². The van der Waals surface area contributed by atoms with Crippen molar-refractivity contribution in [3.8, 4) is 11.5 Å². The standard InChI is InChI=1S/C17H18O5S/c1-3-12-21-13-8-10-14(11-9-13)22-17(18)15-6-4-5-7-16(15)23(2,19)20/h4-11H,3,12H2,1-2H3. The summed E-state index contributed by atoms with van der Waals surface area (Å²) in [5, 5.41) is 0. The highest BCUT2D eigenvalue weighted by Crippen LogP contribution is 2.21. The maximum atomic E-state index is 12.2. The van der Waals surface area contributed by atoms with Crippen molar-refractivity contribution in [2.75, 3.05) is 12.9 Å². The zero-order valence-electron chi connectivity index (χ0n) is 13.0. The van der Waals surface area contributed by atoms with Crippen LogP contribution in [0.3, 0.4) is 0 Å². The van der Waals surface area contributed by atoms with Crippen LogP contribution in [0.15, 0.2) is 53.4 Å². The molecule has 122 valence electrons. The maximum Gasteiger partial charge on any atom is 0.344 e. The van der Waals surface area contributed by atoms with Crippen LogP contribution in [-0.2, 0) is 9.84 Å². The molecule has 0 aliphatic carbocycles. The minimum Gasteiger partial charge on any atom is -0.494 e. The fourth-order valence-electron chi connectivity index (χ4n) is 1.94. The van der Waals surface area contributed by atoms with Crippen molar-refractivity contribution < 1.29 is 22.7 Å². The molecule has 0 aromatic heterocycles. The summed E-state index contributed by atoms with van der Waals surface area (Å²) in [6.07, 6.45) is 1.96. The fourth-order valence-corrected chi connectivity index (χ4v) is 2.82. The average molecular weight is 334 g/mol. The van der Waals surface area contributed by atoms with Crippen LogP contribution < -0.4 is 9.47 Å². The molecular formula is C17H18O5S. The van der Waals surface area contributed by atoms with E-state index in [1.807, 2.05) is 6.92 Å². The topological polar surface area (TPSA) is 69.7 Å². The second kappa shape index (κ2) is 7.28. The summed E-state index contributed by atoms with van der Waals surface area (Å²) in [4.78, 5) is 12.2. The number of carbonyl (C=O) groups is 1. The van der Waals surface area contributed by atoms with Crippen molar-refractivity contribution in [3.05, 3.63) is 54.1 Å². The lowest BCUT2D eigenvalue weighted by Crippen LogP contribution is -2.13. The Balaban J connectivity index is 2.17. The zero-order chi connectivity index (χ0) is 16.9. The maximum absolute atomic E-state index is 12.2. The summed E-state index contributed by atoms with van der Waals surface area (Å²) < 4.78 is 34.1. The third-order valence-electron chi connectivity index (χ3n) is 3.01. The van der Waals surface area contributed by atoms with Gasteiger partial charge in [-0.05, 0) is 42.8 Å². The second-order valence-corrected chi connectivity index (χ2v) is 6.96. The van der Waals surface area contributed by atoms with Gasteiger partial charge in [0.2, 0.25) is 0 Å². The summed E-state index contributed by atoms with van der Waals surface area (Å²) in [6, 6.07) is 12.6. The molecule has 6 heteroatoms. The van der Waals surface area contributed by atoms with Gasteiger partial charge >= 0.3 is 5.97 Å². The minimum atomic E-state index is -3.51. The van der Waals surface area contributed by atoms with Crippen LogP contribution in [0.2, 0.25) is 0 Å². The quantitative estimate of drug-likeness (QED) is 0.600. The molecule has 0 bridgehead atoms. The lowest BCUT2D eigenvalue weighted by Gasteiger charge is -2.09. The van der Waals surface area contributed by atoms with Crippen molar-refractivity contribution in [2.45, 2.75) is 18.2 Å². The third kappa shape index (κ3) is 4.56. The SMILES string of the molecule is CCCOc1ccc(OC(=O)c2ccccc2S(C)(=O)=O)cc1. The molecule has 0 fully saturated rings. The molecule has 2 aromatic carbocycles. The molecule has 0 amide bonds. The van der Waals surface area contributed by atoms with E-state index in [1.54, 1.807) is 36.4 Å².